The fourth-order valence-corrected chi connectivity index (χ4v) is 4.18. The minimum atomic E-state index is -4.70. The maximum Gasteiger partial charge on any atom is 0.379 e. The van der Waals surface area contributed by atoms with Crippen LogP contribution in [-0.2, 0) is 25.8 Å². The van der Waals surface area contributed by atoms with Crippen molar-refractivity contribution in [2.75, 3.05) is 12.9 Å². The molecule has 0 aliphatic carbocycles. The van der Waals surface area contributed by atoms with Gasteiger partial charge in [0.2, 0.25) is 0 Å². The monoisotopic (exact) mass is 419 g/mol. The first-order valence-electron chi connectivity index (χ1n) is 7.07. The van der Waals surface area contributed by atoms with Crippen molar-refractivity contribution in [3.05, 3.63) is 11.5 Å². The Morgan fingerprint density at radius 1 is 1.28 bits per heavy atom. The second-order valence-corrected chi connectivity index (χ2v) is 8.68. The SMILES string of the molecule is CS(=O)C=CCCC(=NS(=O)(=O)O)S[C@@H]1O[C@H](CO)[C@@H](O)[C@H](O)[C@H]1O. The van der Waals surface area contributed by atoms with E-state index in [2.05, 4.69) is 4.40 Å². The Labute approximate surface area is 152 Å². The first-order chi connectivity index (χ1) is 11.5. The molecule has 0 saturated carbocycles. The van der Waals surface area contributed by atoms with Crippen LogP contribution in [0.1, 0.15) is 12.8 Å². The summed E-state index contributed by atoms with van der Waals surface area (Å²) in [6.45, 7) is -0.627. The zero-order valence-corrected chi connectivity index (χ0v) is 15.7. The third-order valence-corrected chi connectivity index (χ3v) is 5.46. The zero-order valence-electron chi connectivity index (χ0n) is 13.2. The van der Waals surface area contributed by atoms with Crippen LogP contribution in [0.4, 0.5) is 0 Å². The molecule has 1 saturated heterocycles. The molecule has 0 bridgehead atoms. The van der Waals surface area contributed by atoms with Gasteiger partial charge in [0.15, 0.2) is 0 Å². The van der Waals surface area contributed by atoms with E-state index < -0.39 is 57.6 Å². The summed E-state index contributed by atoms with van der Waals surface area (Å²) < 4.78 is 50.2. The molecule has 1 fully saturated rings. The van der Waals surface area contributed by atoms with Crippen molar-refractivity contribution in [3.63, 3.8) is 0 Å². The molecule has 0 aromatic rings. The van der Waals surface area contributed by atoms with E-state index in [1.807, 2.05) is 0 Å². The fourth-order valence-electron chi connectivity index (χ4n) is 1.96. The summed E-state index contributed by atoms with van der Waals surface area (Å²) >= 11 is 0.631. The average Bonchev–Trinajstić information content (AvgIpc) is 2.50. The average molecular weight is 419 g/mol. The lowest BCUT2D eigenvalue weighted by Gasteiger charge is -2.39. The van der Waals surface area contributed by atoms with Gasteiger partial charge in [0, 0.05) is 23.5 Å². The van der Waals surface area contributed by atoms with Gasteiger partial charge >= 0.3 is 10.3 Å². The quantitative estimate of drug-likeness (QED) is 0.183. The van der Waals surface area contributed by atoms with Crippen LogP contribution >= 0.6 is 11.8 Å². The minimum Gasteiger partial charge on any atom is -0.394 e. The highest BCUT2D eigenvalue weighted by atomic mass is 32.2. The molecule has 1 aliphatic rings. The molecule has 6 atom stereocenters. The molecule has 1 rings (SSSR count). The van der Waals surface area contributed by atoms with Gasteiger partial charge in [0.25, 0.3) is 0 Å². The van der Waals surface area contributed by atoms with Gasteiger partial charge in [-0.1, -0.05) is 17.8 Å². The number of allylic oxidation sites excluding steroid dienone is 1. The number of aliphatic hydroxyl groups is 4. The first kappa shape index (κ1) is 22.7. The lowest BCUT2D eigenvalue weighted by atomic mass is 10.0. The van der Waals surface area contributed by atoms with Gasteiger partial charge in [-0.15, -0.1) is 4.40 Å². The lowest BCUT2D eigenvalue weighted by molar-refractivity contribution is -0.205. The van der Waals surface area contributed by atoms with E-state index in [9.17, 15) is 27.9 Å². The molecule has 1 heterocycles. The summed E-state index contributed by atoms with van der Waals surface area (Å²) in [4.78, 5) is 0. The highest BCUT2D eigenvalue weighted by Gasteiger charge is 2.44. The van der Waals surface area contributed by atoms with Gasteiger partial charge in [0.1, 0.15) is 29.9 Å². The second kappa shape index (κ2) is 10.1. The first-order valence-corrected chi connectivity index (χ1v) is 11.0. The van der Waals surface area contributed by atoms with E-state index in [4.69, 9.17) is 14.4 Å². The maximum absolute atomic E-state index is 11.0. The molecule has 146 valence electrons. The highest BCUT2D eigenvalue weighted by molar-refractivity contribution is 8.14. The van der Waals surface area contributed by atoms with Crippen molar-refractivity contribution in [2.45, 2.75) is 42.7 Å². The number of hydrogen-bond donors (Lipinski definition) is 5. The fraction of sp³-hybridized carbons (Fsp3) is 0.750. The Bertz CT molecular complexity index is 619. The van der Waals surface area contributed by atoms with Crippen molar-refractivity contribution >= 4 is 37.9 Å². The standard InChI is InChI=1S/C12H21NO9S3/c1-24(18)5-3-2-4-8(13-25(19,20)21)23-12-11(17)10(16)9(15)7(6-14)22-12/h3,5,7,9-12,14-17H,2,4,6H2,1H3,(H,19,20,21)/t7-,9-,10+,11-,12+,24?/m1/s1. The molecular weight excluding hydrogens is 398 g/mol. The Kier molecular flexibility index (Phi) is 9.14. The van der Waals surface area contributed by atoms with E-state index in [1.165, 1.54) is 17.7 Å². The highest BCUT2D eigenvalue weighted by Crippen LogP contribution is 2.30. The molecule has 0 radical (unpaired) electrons. The number of rotatable bonds is 7. The zero-order chi connectivity index (χ0) is 19.2. The predicted molar refractivity (Wildman–Crippen MR) is 92.8 cm³/mol. The van der Waals surface area contributed by atoms with Gasteiger partial charge in [-0.3, -0.25) is 8.76 Å². The molecule has 1 unspecified atom stereocenters. The van der Waals surface area contributed by atoms with E-state index in [1.54, 1.807) is 0 Å². The van der Waals surface area contributed by atoms with Crippen LogP contribution in [0, 0.1) is 0 Å². The summed E-state index contributed by atoms with van der Waals surface area (Å²) in [7, 11) is -5.88. The number of thioether (sulfide) groups is 1. The molecule has 0 amide bonds. The Morgan fingerprint density at radius 2 is 1.92 bits per heavy atom. The number of nitrogens with zero attached hydrogens (tertiary/aromatic N) is 1. The number of aliphatic hydroxyl groups excluding tert-OH is 4. The van der Waals surface area contributed by atoms with Crippen molar-refractivity contribution in [1.29, 1.82) is 0 Å². The number of ether oxygens (including phenoxy) is 1. The van der Waals surface area contributed by atoms with E-state index >= 15 is 0 Å². The molecule has 5 N–H and O–H groups in total. The minimum absolute atomic E-state index is 0.0210. The van der Waals surface area contributed by atoms with Gasteiger partial charge in [-0.2, -0.15) is 8.42 Å². The van der Waals surface area contributed by atoms with Crippen LogP contribution in [0.2, 0.25) is 0 Å². The topological polar surface area (TPSA) is 174 Å². The Morgan fingerprint density at radius 3 is 2.44 bits per heavy atom. The molecule has 0 aromatic heterocycles. The van der Waals surface area contributed by atoms with Crippen LogP contribution in [-0.4, -0.2) is 85.4 Å². The van der Waals surface area contributed by atoms with E-state index in [-0.39, 0.29) is 17.9 Å². The van der Waals surface area contributed by atoms with Gasteiger partial charge in [-0.25, -0.2) is 0 Å². The third kappa shape index (κ3) is 7.80. The van der Waals surface area contributed by atoms with Crippen molar-refractivity contribution in [1.82, 2.24) is 0 Å². The summed E-state index contributed by atoms with van der Waals surface area (Å²) in [5.41, 5.74) is -1.22. The Hall–Kier alpha value is -0.380. The van der Waals surface area contributed by atoms with Crippen molar-refractivity contribution in [2.24, 2.45) is 4.40 Å². The molecular formula is C12H21NO9S3. The normalized spacial score (nSPS) is 32.9. The van der Waals surface area contributed by atoms with Crippen LogP contribution < -0.4 is 0 Å². The van der Waals surface area contributed by atoms with Gasteiger partial charge in [-0.05, 0) is 11.8 Å². The Balaban J connectivity index is 2.89. The van der Waals surface area contributed by atoms with Crippen molar-refractivity contribution < 1.29 is 42.3 Å². The predicted octanol–water partition coefficient (Wildman–Crippen LogP) is -1.61. The smallest absolute Gasteiger partial charge is 0.379 e. The maximum atomic E-state index is 11.0. The van der Waals surface area contributed by atoms with Crippen molar-refractivity contribution in [3.8, 4) is 0 Å². The van der Waals surface area contributed by atoms with Crippen LogP contribution in [0.15, 0.2) is 15.9 Å². The lowest BCUT2D eigenvalue weighted by Crippen LogP contribution is -2.57. The molecule has 13 heteroatoms. The van der Waals surface area contributed by atoms with Gasteiger partial charge in [0.05, 0.1) is 11.7 Å². The molecule has 0 spiro atoms. The molecule has 25 heavy (non-hydrogen) atoms. The molecule has 10 nitrogen and oxygen atoms in total. The van der Waals surface area contributed by atoms with Crippen LogP contribution in [0.25, 0.3) is 0 Å². The van der Waals surface area contributed by atoms with E-state index in [0.717, 1.165) is 0 Å². The van der Waals surface area contributed by atoms with Gasteiger partial charge < -0.3 is 25.2 Å². The van der Waals surface area contributed by atoms with Crippen LogP contribution in [0.5, 0.6) is 0 Å². The largest absolute Gasteiger partial charge is 0.394 e. The third-order valence-electron chi connectivity index (χ3n) is 3.13. The summed E-state index contributed by atoms with van der Waals surface area (Å²) in [5.74, 6) is 0. The summed E-state index contributed by atoms with van der Waals surface area (Å²) in [6, 6.07) is 0. The van der Waals surface area contributed by atoms with Crippen LogP contribution in [0.3, 0.4) is 0 Å². The number of hydrogen-bond acceptors (Lipinski definition) is 9. The molecule has 0 aromatic carbocycles. The molecule has 1 aliphatic heterocycles. The van der Waals surface area contributed by atoms with E-state index in [0.29, 0.717) is 11.8 Å². The second-order valence-electron chi connectivity index (χ2n) is 5.16. The summed E-state index contributed by atoms with van der Waals surface area (Å²) in [5, 5.41) is 39.8. The summed E-state index contributed by atoms with van der Waals surface area (Å²) in [6.07, 6.45) is -2.63.